The standard InChI is InChI=1S/C14H13Cl2N3O/c15-10-3-1-2-9(6-10)8-18-14(20)19-11-4-5-13(17)12(16)7-11/h1-7H,8,17H2,(H2,18,19,20). The van der Waals surface area contributed by atoms with Crippen molar-refractivity contribution in [1.29, 1.82) is 0 Å². The molecule has 0 heterocycles. The minimum atomic E-state index is -0.328. The van der Waals surface area contributed by atoms with Gasteiger partial charge in [-0.05, 0) is 35.9 Å². The number of anilines is 2. The first-order valence-electron chi connectivity index (χ1n) is 5.89. The van der Waals surface area contributed by atoms with Crippen LogP contribution in [0, 0.1) is 0 Å². The van der Waals surface area contributed by atoms with Crippen molar-refractivity contribution < 1.29 is 4.79 Å². The minimum Gasteiger partial charge on any atom is -0.398 e. The third-order valence-electron chi connectivity index (χ3n) is 2.60. The molecule has 0 saturated heterocycles. The molecule has 0 aliphatic carbocycles. The monoisotopic (exact) mass is 309 g/mol. The number of nitrogen functional groups attached to an aromatic ring is 1. The molecule has 4 nitrogen and oxygen atoms in total. The van der Waals surface area contributed by atoms with E-state index in [1.165, 1.54) is 0 Å². The van der Waals surface area contributed by atoms with Gasteiger partial charge >= 0.3 is 6.03 Å². The van der Waals surface area contributed by atoms with Gasteiger partial charge < -0.3 is 16.4 Å². The van der Waals surface area contributed by atoms with Gasteiger partial charge in [0.2, 0.25) is 0 Å². The van der Waals surface area contributed by atoms with Crippen LogP contribution in [-0.2, 0) is 6.54 Å². The van der Waals surface area contributed by atoms with Crippen molar-refractivity contribution in [2.75, 3.05) is 11.1 Å². The van der Waals surface area contributed by atoms with Gasteiger partial charge in [-0.3, -0.25) is 0 Å². The third kappa shape index (κ3) is 4.05. The highest BCUT2D eigenvalue weighted by Gasteiger charge is 2.04. The van der Waals surface area contributed by atoms with Crippen LogP contribution in [0.3, 0.4) is 0 Å². The third-order valence-corrected chi connectivity index (χ3v) is 3.16. The van der Waals surface area contributed by atoms with E-state index in [-0.39, 0.29) is 6.03 Å². The minimum absolute atomic E-state index is 0.328. The lowest BCUT2D eigenvalue weighted by Crippen LogP contribution is -2.28. The molecule has 0 bridgehead atoms. The summed E-state index contributed by atoms with van der Waals surface area (Å²) in [5.74, 6) is 0. The Morgan fingerprint density at radius 1 is 1.15 bits per heavy atom. The van der Waals surface area contributed by atoms with Crippen molar-refractivity contribution in [3.05, 3.63) is 58.1 Å². The Morgan fingerprint density at radius 3 is 2.65 bits per heavy atom. The second-order valence-electron chi connectivity index (χ2n) is 4.17. The lowest BCUT2D eigenvalue weighted by molar-refractivity contribution is 0.251. The highest BCUT2D eigenvalue weighted by atomic mass is 35.5. The van der Waals surface area contributed by atoms with Gasteiger partial charge in [-0.25, -0.2) is 4.79 Å². The first kappa shape index (κ1) is 14.5. The van der Waals surface area contributed by atoms with E-state index >= 15 is 0 Å². The van der Waals surface area contributed by atoms with E-state index in [9.17, 15) is 4.79 Å². The number of urea groups is 1. The van der Waals surface area contributed by atoms with E-state index in [1.807, 2.05) is 12.1 Å². The van der Waals surface area contributed by atoms with Crippen molar-refractivity contribution in [2.45, 2.75) is 6.54 Å². The molecule has 0 saturated carbocycles. The number of hydrogen-bond acceptors (Lipinski definition) is 2. The summed E-state index contributed by atoms with van der Waals surface area (Å²) in [5.41, 5.74) is 7.56. The number of amides is 2. The van der Waals surface area contributed by atoms with Crippen LogP contribution in [0.5, 0.6) is 0 Å². The molecule has 0 radical (unpaired) electrons. The fraction of sp³-hybridized carbons (Fsp3) is 0.0714. The number of carbonyl (C=O) groups is 1. The summed E-state index contributed by atoms with van der Waals surface area (Å²) in [6.45, 7) is 0.384. The van der Waals surface area contributed by atoms with Gasteiger partial charge in [-0.2, -0.15) is 0 Å². The Kier molecular flexibility index (Phi) is 4.71. The maximum absolute atomic E-state index is 11.7. The van der Waals surface area contributed by atoms with Gasteiger partial charge in [0, 0.05) is 17.3 Å². The number of nitrogens with one attached hydrogen (secondary N) is 2. The Labute approximate surface area is 126 Å². The van der Waals surface area contributed by atoms with Crippen LogP contribution in [-0.4, -0.2) is 6.03 Å². The van der Waals surface area contributed by atoms with Crippen LogP contribution >= 0.6 is 23.2 Å². The van der Waals surface area contributed by atoms with E-state index in [4.69, 9.17) is 28.9 Å². The molecule has 2 rings (SSSR count). The van der Waals surface area contributed by atoms with Gasteiger partial charge in [0.1, 0.15) is 0 Å². The molecule has 6 heteroatoms. The molecule has 0 unspecified atom stereocenters. The second-order valence-corrected chi connectivity index (χ2v) is 5.02. The molecule has 104 valence electrons. The van der Waals surface area contributed by atoms with Crippen LogP contribution in [0.25, 0.3) is 0 Å². The molecule has 2 amide bonds. The number of benzene rings is 2. The normalized spacial score (nSPS) is 10.1. The summed E-state index contributed by atoms with van der Waals surface area (Å²) in [6, 6.07) is 11.9. The number of carbonyl (C=O) groups excluding carboxylic acids is 1. The topological polar surface area (TPSA) is 67.1 Å². The fourth-order valence-corrected chi connectivity index (χ4v) is 2.00. The van der Waals surface area contributed by atoms with E-state index in [0.717, 1.165) is 5.56 Å². The highest BCUT2D eigenvalue weighted by molar-refractivity contribution is 6.33. The van der Waals surface area contributed by atoms with Crippen LogP contribution in [0.4, 0.5) is 16.2 Å². The first-order chi connectivity index (χ1) is 9.54. The van der Waals surface area contributed by atoms with Gasteiger partial charge in [-0.1, -0.05) is 35.3 Å². The molecule has 20 heavy (non-hydrogen) atoms. The second kappa shape index (κ2) is 6.50. The molecule has 2 aromatic carbocycles. The molecular weight excluding hydrogens is 297 g/mol. The summed E-state index contributed by atoms with van der Waals surface area (Å²) in [7, 11) is 0. The van der Waals surface area contributed by atoms with Gasteiger partial charge in [0.15, 0.2) is 0 Å². The average molecular weight is 310 g/mol. The molecular formula is C14H13Cl2N3O. The number of halogens is 2. The zero-order valence-electron chi connectivity index (χ0n) is 10.5. The van der Waals surface area contributed by atoms with Crippen molar-refractivity contribution in [1.82, 2.24) is 5.32 Å². The lowest BCUT2D eigenvalue weighted by Gasteiger charge is -2.09. The SMILES string of the molecule is Nc1ccc(NC(=O)NCc2cccc(Cl)c2)cc1Cl. The fourth-order valence-electron chi connectivity index (χ4n) is 1.61. The predicted octanol–water partition coefficient (Wildman–Crippen LogP) is 3.90. The van der Waals surface area contributed by atoms with Gasteiger partial charge in [0.05, 0.1) is 10.7 Å². The van der Waals surface area contributed by atoms with E-state index < -0.39 is 0 Å². The number of nitrogens with two attached hydrogens (primary N) is 1. The molecule has 0 fully saturated rings. The molecule has 0 spiro atoms. The smallest absolute Gasteiger partial charge is 0.319 e. The first-order valence-corrected chi connectivity index (χ1v) is 6.64. The number of hydrogen-bond donors (Lipinski definition) is 3. The Morgan fingerprint density at radius 2 is 1.95 bits per heavy atom. The summed E-state index contributed by atoms with van der Waals surface area (Å²) in [4.78, 5) is 11.7. The average Bonchev–Trinajstić information content (AvgIpc) is 2.41. The summed E-state index contributed by atoms with van der Waals surface area (Å²) in [5, 5.41) is 6.43. The zero-order valence-corrected chi connectivity index (χ0v) is 12.0. The van der Waals surface area contributed by atoms with E-state index in [2.05, 4.69) is 10.6 Å². The predicted molar refractivity (Wildman–Crippen MR) is 83.2 cm³/mol. The molecule has 2 aromatic rings. The van der Waals surface area contributed by atoms with Crippen LogP contribution in [0.1, 0.15) is 5.56 Å². The zero-order chi connectivity index (χ0) is 14.5. The van der Waals surface area contributed by atoms with E-state index in [1.54, 1.807) is 30.3 Å². The molecule has 0 aliphatic rings. The van der Waals surface area contributed by atoms with Crippen LogP contribution in [0.2, 0.25) is 10.0 Å². The lowest BCUT2D eigenvalue weighted by atomic mass is 10.2. The van der Waals surface area contributed by atoms with Crippen LogP contribution < -0.4 is 16.4 Å². The summed E-state index contributed by atoms with van der Waals surface area (Å²) in [6.07, 6.45) is 0. The largest absolute Gasteiger partial charge is 0.398 e. The van der Waals surface area contributed by atoms with Gasteiger partial charge in [-0.15, -0.1) is 0 Å². The quantitative estimate of drug-likeness (QED) is 0.753. The number of rotatable bonds is 3. The summed E-state index contributed by atoms with van der Waals surface area (Å²) >= 11 is 11.7. The molecule has 0 atom stereocenters. The van der Waals surface area contributed by atoms with Crippen molar-refractivity contribution in [2.24, 2.45) is 0 Å². The Bertz CT molecular complexity index is 632. The van der Waals surface area contributed by atoms with E-state index in [0.29, 0.717) is 28.0 Å². The molecule has 0 aliphatic heterocycles. The van der Waals surface area contributed by atoms with Crippen molar-refractivity contribution >= 4 is 40.6 Å². The Hall–Kier alpha value is -1.91. The summed E-state index contributed by atoms with van der Waals surface area (Å²) < 4.78 is 0. The van der Waals surface area contributed by atoms with Crippen LogP contribution in [0.15, 0.2) is 42.5 Å². The van der Waals surface area contributed by atoms with Crippen molar-refractivity contribution in [3.63, 3.8) is 0 Å². The maximum Gasteiger partial charge on any atom is 0.319 e. The van der Waals surface area contributed by atoms with Gasteiger partial charge in [0.25, 0.3) is 0 Å². The van der Waals surface area contributed by atoms with Crippen molar-refractivity contribution in [3.8, 4) is 0 Å². The molecule has 4 N–H and O–H groups in total. The maximum atomic E-state index is 11.7. The highest BCUT2D eigenvalue weighted by Crippen LogP contribution is 2.22. The Balaban J connectivity index is 1.91. The molecule has 0 aromatic heterocycles.